The van der Waals surface area contributed by atoms with Crippen molar-refractivity contribution in [3.8, 4) is 0 Å². The molecular formula is C14H27BrN2O2S. The summed E-state index contributed by atoms with van der Waals surface area (Å²) < 4.78 is 0. The predicted molar refractivity (Wildman–Crippen MR) is 89.3 cm³/mol. The number of nitrogens with two attached hydrogens (primary N) is 1. The van der Waals surface area contributed by atoms with Gasteiger partial charge in [-0.1, -0.05) is 35.2 Å². The van der Waals surface area contributed by atoms with Crippen LogP contribution in [0.4, 0.5) is 0 Å². The van der Waals surface area contributed by atoms with E-state index < -0.39 is 6.23 Å². The maximum atomic E-state index is 11.1. The first-order valence-corrected chi connectivity index (χ1v) is 9.66. The minimum absolute atomic E-state index is 0.129. The number of rotatable bonds is 10. The molecule has 6 heteroatoms. The Morgan fingerprint density at radius 3 is 2.70 bits per heavy atom. The first-order chi connectivity index (χ1) is 9.62. The van der Waals surface area contributed by atoms with Crippen LogP contribution in [-0.2, 0) is 4.79 Å². The Morgan fingerprint density at radius 1 is 1.40 bits per heavy atom. The van der Waals surface area contributed by atoms with Crippen molar-refractivity contribution in [3.05, 3.63) is 0 Å². The summed E-state index contributed by atoms with van der Waals surface area (Å²) in [5, 5.41) is 13.7. The Hall–Kier alpha value is 0.380. The minimum Gasteiger partial charge on any atom is -0.379 e. The summed E-state index contributed by atoms with van der Waals surface area (Å²) in [5.41, 5.74) is 6.06. The molecule has 1 atom stereocenters. The summed E-state index contributed by atoms with van der Waals surface area (Å²) in [6, 6.07) is 0. The fourth-order valence-electron chi connectivity index (χ4n) is 2.80. The number of carbonyl (C=O) groups excluding carboxylic acids is 1. The number of hydrogen-bond donors (Lipinski definition) is 3. The van der Waals surface area contributed by atoms with Gasteiger partial charge >= 0.3 is 0 Å². The largest absolute Gasteiger partial charge is 0.379 e. The molecule has 0 heterocycles. The number of Topliss-reactive ketones (excluding diaryl/α,β-unsaturated/α-hetero) is 1. The van der Waals surface area contributed by atoms with Crippen LogP contribution in [0.15, 0.2) is 0 Å². The van der Waals surface area contributed by atoms with Gasteiger partial charge in [0.2, 0.25) is 0 Å². The van der Waals surface area contributed by atoms with E-state index in [-0.39, 0.29) is 11.2 Å². The Bertz CT molecular complexity index is 286. The van der Waals surface area contributed by atoms with Gasteiger partial charge in [0.15, 0.2) is 5.78 Å². The zero-order valence-corrected chi connectivity index (χ0v) is 14.5. The maximum Gasteiger partial charge on any atom is 0.153 e. The lowest BCUT2D eigenvalue weighted by molar-refractivity contribution is -0.114. The standard InChI is InChI=1S/C14H27BrN2O2S/c15-9-12(18)10-20-7-6-17-13(19)8-14(11-16)4-2-1-3-5-14/h13,17,19H,1-11,16H2. The lowest BCUT2D eigenvalue weighted by atomic mass is 9.71. The SMILES string of the molecule is NCC1(CC(O)NCCSCC(=O)CBr)CCCCC1. The highest BCUT2D eigenvalue weighted by molar-refractivity contribution is 9.09. The molecule has 1 unspecified atom stereocenters. The van der Waals surface area contributed by atoms with E-state index in [1.54, 1.807) is 11.8 Å². The molecule has 0 aromatic rings. The van der Waals surface area contributed by atoms with Gasteiger partial charge in [-0.3, -0.25) is 10.1 Å². The van der Waals surface area contributed by atoms with E-state index in [9.17, 15) is 9.90 Å². The van der Waals surface area contributed by atoms with E-state index in [4.69, 9.17) is 5.73 Å². The molecule has 1 fully saturated rings. The van der Waals surface area contributed by atoms with Gasteiger partial charge in [0.1, 0.15) is 6.23 Å². The second-order valence-corrected chi connectivity index (χ2v) is 7.33. The van der Waals surface area contributed by atoms with Crippen molar-refractivity contribution in [3.63, 3.8) is 0 Å². The Labute approximate surface area is 134 Å². The number of aliphatic hydroxyl groups is 1. The van der Waals surface area contributed by atoms with Crippen LogP contribution in [0.5, 0.6) is 0 Å². The third-order valence-corrected chi connectivity index (χ3v) is 5.66. The van der Waals surface area contributed by atoms with Gasteiger partial charge in [-0.05, 0) is 31.2 Å². The van der Waals surface area contributed by atoms with Gasteiger partial charge in [0.05, 0.1) is 11.1 Å². The van der Waals surface area contributed by atoms with E-state index >= 15 is 0 Å². The second kappa shape index (κ2) is 10.2. The molecule has 1 aliphatic carbocycles. The smallest absolute Gasteiger partial charge is 0.153 e. The molecule has 1 rings (SSSR count). The van der Waals surface area contributed by atoms with Crippen molar-refractivity contribution in [2.24, 2.45) is 11.1 Å². The van der Waals surface area contributed by atoms with Gasteiger partial charge in [-0.25, -0.2) is 0 Å². The molecule has 0 aromatic heterocycles. The summed E-state index contributed by atoms with van der Waals surface area (Å²) in [6.07, 6.45) is 6.29. The van der Waals surface area contributed by atoms with Crippen molar-refractivity contribution >= 4 is 33.5 Å². The van der Waals surface area contributed by atoms with Gasteiger partial charge in [-0.15, -0.1) is 0 Å². The molecular weight excluding hydrogens is 340 g/mol. The summed E-state index contributed by atoms with van der Waals surface area (Å²) in [7, 11) is 0. The van der Waals surface area contributed by atoms with Crippen molar-refractivity contribution in [1.29, 1.82) is 0 Å². The minimum atomic E-state index is -0.482. The predicted octanol–water partition coefficient (Wildman–Crippen LogP) is 1.89. The number of hydrogen-bond acceptors (Lipinski definition) is 5. The zero-order valence-electron chi connectivity index (χ0n) is 12.1. The van der Waals surface area contributed by atoms with Gasteiger partial charge in [0.25, 0.3) is 0 Å². The summed E-state index contributed by atoms with van der Waals surface area (Å²) in [4.78, 5) is 11.1. The molecule has 20 heavy (non-hydrogen) atoms. The van der Waals surface area contributed by atoms with E-state index in [1.165, 1.54) is 19.3 Å². The van der Waals surface area contributed by atoms with E-state index in [2.05, 4.69) is 21.2 Å². The monoisotopic (exact) mass is 366 g/mol. The molecule has 0 saturated heterocycles. The van der Waals surface area contributed by atoms with Crippen LogP contribution < -0.4 is 11.1 Å². The first kappa shape index (κ1) is 18.4. The quantitative estimate of drug-likeness (QED) is 0.312. The van der Waals surface area contributed by atoms with Gasteiger partial charge in [0, 0.05) is 12.3 Å². The summed E-state index contributed by atoms with van der Waals surface area (Å²) >= 11 is 4.75. The molecule has 0 radical (unpaired) electrons. The number of halogens is 1. The highest BCUT2D eigenvalue weighted by atomic mass is 79.9. The Balaban J connectivity index is 2.15. The molecule has 0 spiro atoms. The third kappa shape index (κ3) is 6.89. The molecule has 0 aromatic carbocycles. The van der Waals surface area contributed by atoms with E-state index in [1.807, 2.05) is 0 Å². The summed E-state index contributed by atoms with van der Waals surface area (Å²) in [5.74, 6) is 1.58. The zero-order chi connectivity index (χ0) is 14.8. The lowest BCUT2D eigenvalue weighted by Crippen LogP contribution is -2.41. The van der Waals surface area contributed by atoms with Crippen LogP contribution >= 0.6 is 27.7 Å². The Morgan fingerprint density at radius 2 is 2.10 bits per heavy atom. The molecule has 0 amide bonds. The molecule has 118 valence electrons. The number of ketones is 1. The maximum absolute atomic E-state index is 11.1. The molecule has 1 aliphatic rings. The number of carbonyl (C=O) groups is 1. The highest BCUT2D eigenvalue weighted by Gasteiger charge is 2.32. The van der Waals surface area contributed by atoms with Gasteiger partial charge in [-0.2, -0.15) is 11.8 Å². The number of alkyl halides is 1. The van der Waals surface area contributed by atoms with E-state index in [0.717, 1.165) is 31.6 Å². The average molecular weight is 367 g/mol. The number of aliphatic hydroxyl groups excluding tert-OH is 1. The topological polar surface area (TPSA) is 75.3 Å². The fourth-order valence-corrected chi connectivity index (χ4v) is 3.99. The van der Waals surface area contributed by atoms with Crippen molar-refractivity contribution < 1.29 is 9.90 Å². The van der Waals surface area contributed by atoms with Crippen molar-refractivity contribution in [2.45, 2.75) is 44.8 Å². The molecule has 4 nitrogen and oxygen atoms in total. The highest BCUT2D eigenvalue weighted by Crippen LogP contribution is 2.38. The van der Waals surface area contributed by atoms with Crippen LogP contribution in [0.3, 0.4) is 0 Å². The average Bonchev–Trinajstić information content (AvgIpc) is 2.47. The lowest BCUT2D eigenvalue weighted by Gasteiger charge is -2.38. The third-order valence-electron chi connectivity index (χ3n) is 4.01. The van der Waals surface area contributed by atoms with Crippen LogP contribution in [0.2, 0.25) is 0 Å². The first-order valence-electron chi connectivity index (χ1n) is 7.39. The fraction of sp³-hybridized carbons (Fsp3) is 0.929. The molecule has 0 bridgehead atoms. The number of nitrogens with one attached hydrogen (secondary N) is 1. The molecule has 1 saturated carbocycles. The van der Waals surface area contributed by atoms with Crippen LogP contribution in [-0.4, -0.2) is 47.0 Å². The van der Waals surface area contributed by atoms with Gasteiger partial charge < -0.3 is 10.8 Å². The normalized spacial score (nSPS) is 19.8. The Kier molecular flexibility index (Phi) is 9.37. The molecule has 4 N–H and O–H groups in total. The van der Waals surface area contributed by atoms with Crippen LogP contribution in [0.1, 0.15) is 38.5 Å². The summed E-state index contributed by atoms with van der Waals surface area (Å²) in [6.45, 7) is 1.39. The van der Waals surface area contributed by atoms with Crippen LogP contribution in [0.25, 0.3) is 0 Å². The van der Waals surface area contributed by atoms with Crippen molar-refractivity contribution in [1.82, 2.24) is 5.32 Å². The molecule has 0 aliphatic heterocycles. The van der Waals surface area contributed by atoms with Crippen LogP contribution in [0, 0.1) is 5.41 Å². The van der Waals surface area contributed by atoms with E-state index in [0.29, 0.717) is 17.6 Å². The second-order valence-electron chi connectivity index (χ2n) is 5.66. The number of thioether (sulfide) groups is 1. The van der Waals surface area contributed by atoms with Crippen molar-refractivity contribution in [2.75, 3.05) is 29.9 Å².